The minimum absolute atomic E-state index is 0.0239. The van der Waals surface area contributed by atoms with Crippen LogP contribution in [0.25, 0.3) is 16.9 Å². The molecule has 1 N–H and O–H groups in total. The van der Waals surface area contributed by atoms with E-state index in [0.29, 0.717) is 22.0 Å². The minimum Gasteiger partial charge on any atom is -0.492 e. The Morgan fingerprint density at radius 3 is 2.33 bits per heavy atom. The number of hydrogen-bond donors (Lipinski definition) is 1. The Balaban J connectivity index is 2.27. The maximum atomic E-state index is 13.0. The first-order valence-electron chi connectivity index (χ1n) is 8.74. The van der Waals surface area contributed by atoms with Crippen molar-refractivity contribution in [2.45, 2.75) is 6.18 Å². The third-order valence-corrected chi connectivity index (χ3v) is 4.77. The maximum absolute atomic E-state index is 13.0. The summed E-state index contributed by atoms with van der Waals surface area (Å²) < 4.78 is 45.8. The number of benzene rings is 2. The number of rotatable bonds is 5. The van der Waals surface area contributed by atoms with Gasteiger partial charge >= 0.3 is 6.18 Å². The molecule has 0 aliphatic carbocycles. The van der Waals surface area contributed by atoms with Crippen LogP contribution in [0.2, 0.25) is 5.02 Å². The number of halogens is 4. The molecule has 158 valence electrons. The van der Waals surface area contributed by atoms with Crippen LogP contribution < -0.4 is 10.2 Å². The predicted octanol–water partition coefficient (Wildman–Crippen LogP) is 4.43. The van der Waals surface area contributed by atoms with Gasteiger partial charge in [0, 0.05) is 19.7 Å². The zero-order valence-electron chi connectivity index (χ0n) is 16.3. The summed E-state index contributed by atoms with van der Waals surface area (Å²) in [5.41, 5.74) is 2.99. The number of hydrogen-bond acceptors (Lipinski definition) is 4. The molecule has 0 radical (unpaired) electrons. The highest BCUT2D eigenvalue weighted by atomic mass is 35.5. The summed E-state index contributed by atoms with van der Waals surface area (Å²) in [7, 11) is 4.43. The van der Waals surface area contributed by atoms with Gasteiger partial charge in [-0.05, 0) is 24.3 Å². The topological polar surface area (TPSA) is 59.4 Å². The monoisotopic (exact) mass is 438 g/mol. The van der Waals surface area contributed by atoms with Gasteiger partial charge in [0.1, 0.15) is 5.69 Å². The smallest absolute Gasteiger partial charge is 0.416 e. The Morgan fingerprint density at radius 1 is 1.17 bits per heavy atom. The number of amides is 1. The van der Waals surface area contributed by atoms with E-state index in [1.54, 1.807) is 31.3 Å². The largest absolute Gasteiger partial charge is 0.492 e. The molecule has 10 heteroatoms. The number of para-hydroxylation sites is 1. The Morgan fingerprint density at radius 2 is 1.80 bits per heavy atom. The molecule has 0 aliphatic heterocycles. The van der Waals surface area contributed by atoms with Gasteiger partial charge in [-0.2, -0.15) is 18.3 Å². The van der Waals surface area contributed by atoms with E-state index in [1.807, 2.05) is 0 Å². The van der Waals surface area contributed by atoms with Crippen LogP contribution in [-0.2, 0) is 6.18 Å². The van der Waals surface area contributed by atoms with Gasteiger partial charge < -0.3 is 4.74 Å². The van der Waals surface area contributed by atoms with E-state index in [0.717, 1.165) is 12.1 Å². The van der Waals surface area contributed by atoms with E-state index in [1.165, 1.54) is 36.0 Å². The van der Waals surface area contributed by atoms with E-state index in [9.17, 15) is 18.0 Å². The number of methoxy groups -OCH3 is 1. The normalized spacial score (nSPS) is 11.4. The highest BCUT2D eigenvalue weighted by Gasteiger charge is 2.32. The van der Waals surface area contributed by atoms with Crippen LogP contribution in [0.15, 0.2) is 48.5 Å². The van der Waals surface area contributed by atoms with Crippen molar-refractivity contribution >= 4 is 17.5 Å². The Hall–Kier alpha value is -3.04. The van der Waals surface area contributed by atoms with E-state index in [4.69, 9.17) is 16.3 Å². The van der Waals surface area contributed by atoms with E-state index in [-0.39, 0.29) is 11.4 Å². The molecule has 0 aliphatic rings. The number of carbonyl (C=O) groups excluding carboxylic acids is 1. The molecule has 0 atom stereocenters. The van der Waals surface area contributed by atoms with Gasteiger partial charge in [-0.15, -0.1) is 0 Å². The van der Waals surface area contributed by atoms with Gasteiger partial charge in [0.2, 0.25) is 0 Å². The minimum atomic E-state index is -4.47. The van der Waals surface area contributed by atoms with Crippen LogP contribution in [0.3, 0.4) is 0 Å². The van der Waals surface area contributed by atoms with Crippen molar-refractivity contribution in [3.63, 3.8) is 0 Å². The molecule has 0 unspecified atom stereocenters. The van der Waals surface area contributed by atoms with Gasteiger partial charge in [0.05, 0.1) is 23.4 Å². The summed E-state index contributed by atoms with van der Waals surface area (Å²) >= 11 is 6.32. The van der Waals surface area contributed by atoms with Gasteiger partial charge in [-0.25, -0.2) is 10.1 Å². The molecule has 0 fully saturated rings. The summed E-state index contributed by atoms with van der Waals surface area (Å²) in [6.45, 7) is 0. The second-order valence-electron chi connectivity index (χ2n) is 6.26. The highest BCUT2D eigenvalue weighted by molar-refractivity contribution is 6.32. The van der Waals surface area contributed by atoms with E-state index >= 15 is 0 Å². The summed E-state index contributed by atoms with van der Waals surface area (Å²) in [6, 6.07) is 11.3. The van der Waals surface area contributed by atoms with Crippen molar-refractivity contribution in [3.8, 4) is 22.7 Å². The fourth-order valence-corrected chi connectivity index (χ4v) is 3.08. The SMILES string of the molecule is CNN(C)C(=O)c1nn(-c2ccccc2Cl)c(-c2ccc(C(F)(F)F)cc2)c1OC. The molecule has 3 rings (SSSR count). The van der Waals surface area contributed by atoms with E-state index in [2.05, 4.69) is 10.5 Å². The van der Waals surface area contributed by atoms with Crippen molar-refractivity contribution in [2.75, 3.05) is 21.2 Å². The third kappa shape index (κ3) is 3.99. The van der Waals surface area contributed by atoms with Crippen molar-refractivity contribution in [3.05, 3.63) is 64.8 Å². The van der Waals surface area contributed by atoms with Gasteiger partial charge in [0.15, 0.2) is 11.4 Å². The van der Waals surface area contributed by atoms with Crippen molar-refractivity contribution in [1.82, 2.24) is 20.2 Å². The zero-order valence-corrected chi connectivity index (χ0v) is 17.0. The maximum Gasteiger partial charge on any atom is 0.416 e. The third-order valence-electron chi connectivity index (χ3n) is 4.46. The second-order valence-corrected chi connectivity index (χ2v) is 6.66. The first kappa shape index (κ1) is 21.7. The average Bonchev–Trinajstić information content (AvgIpc) is 3.11. The lowest BCUT2D eigenvalue weighted by Gasteiger charge is -2.14. The molecular formula is C20H18ClF3N4O2. The van der Waals surface area contributed by atoms with Crippen LogP contribution in [0.4, 0.5) is 13.2 Å². The molecule has 1 heterocycles. The van der Waals surface area contributed by atoms with Crippen LogP contribution in [-0.4, -0.2) is 41.9 Å². The van der Waals surface area contributed by atoms with Gasteiger partial charge in [0.25, 0.3) is 5.91 Å². The number of alkyl halides is 3. The molecular weight excluding hydrogens is 421 g/mol. The molecule has 3 aromatic rings. The Labute approximate surface area is 175 Å². The van der Waals surface area contributed by atoms with Crippen LogP contribution >= 0.6 is 11.6 Å². The number of ether oxygens (including phenoxy) is 1. The molecule has 1 aromatic heterocycles. The molecule has 0 saturated heterocycles. The van der Waals surface area contributed by atoms with Gasteiger partial charge in [-0.3, -0.25) is 9.80 Å². The van der Waals surface area contributed by atoms with Crippen LogP contribution in [0.1, 0.15) is 16.1 Å². The Bertz CT molecular complexity index is 1060. The second kappa shape index (κ2) is 8.37. The fraction of sp³-hybridized carbons (Fsp3) is 0.200. The van der Waals surface area contributed by atoms with Crippen LogP contribution in [0, 0.1) is 0 Å². The lowest BCUT2D eigenvalue weighted by Crippen LogP contribution is -2.37. The summed E-state index contributed by atoms with van der Waals surface area (Å²) in [6.07, 6.45) is -4.47. The number of nitrogens with zero attached hydrogens (tertiary/aromatic N) is 3. The predicted molar refractivity (Wildman–Crippen MR) is 107 cm³/mol. The number of carbonyl (C=O) groups is 1. The zero-order chi connectivity index (χ0) is 22.1. The quantitative estimate of drug-likeness (QED) is 0.599. The Kier molecular flexibility index (Phi) is 6.04. The number of nitrogens with one attached hydrogen (secondary N) is 1. The van der Waals surface area contributed by atoms with Crippen molar-refractivity contribution in [1.29, 1.82) is 0 Å². The van der Waals surface area contributed by atoms with Crippen LogP contribution in [0.5, 0.6) is 5.75 Å². The van der Waals surface area contributed by atoms with E-state index < -0.39 is 17.6 Å². The highest BCUT2D eigenvalue weighted by Crippen LogP contribution is 2.38. The molecule has 1 amide bonds. The van der Waals surface area contributed by atoms with Gasteiger partial charge in [-0.1, -0.05) is 35.9 Å². The molecule has 0 spiro atoms. The first-order valence-corrected chi connectivity index (χ1v) is 9.11. The van der Waals surface area contributed by atoms with Crippen molar-refractivity contribution in [2.24, 2.45) is 0 Å². The standard InChI is InChI=1S/C20H18ClF3N4O2/c1-25-27(2)19(29)16-18(30-3)17(12-8-10-13(11-9-12)20(22,23)24)28(26-16)15-7-5-4-6-14(15)21/h4-11,25H,1-3H3. The molecule has 2 aromatic carbocycles. The average molecular weight is 439 g/mol. The summed E-state index contributed by atoms with van der Waals surface area (Å²) in [5.74, 6) is -0.380. The lowest BCUT2D eigenvalue weighted by molar-refractivity contribution is -0.137. The number of aromatic nitrogens is 2. The first-order chi connectivity index (χ1) is 14.2. The molecule has 0 bridgehead atoms. The molecule has 0 saturated carbocycles. The summed E-state index contributed by atoms with van der Waals surface area (Å²) in [5, 5.41) is 5.93. The molecule has 30 heavy (non-hydrogen) atoms. The molecule has 6 nitrogen and oxygen atoms in total. The summed E-state index contributed by atoms with van der Waals surface area (Å²) in [4.78, 5) is 12.8. The van der Waals surface area contributed by atoms with Crippen molar-refractivity contribution < 1.29 is 22.7 Å². The number of hydrazine groups is 1. The lowest BCUT2D eigenvalue weighted by atomic mass is 10.1. The fourth-order valence-electron chi connectivity index (χ4n) is 2.87.